The minimum Gasteiger partial charge on any atom is -0.497 e. The Bertz CT molecular complexity index is 990. The van der Waals surface area contributed by atoms with Crippen molar-refractivity contribution in [3.8, 4) is 5.75 Å². The van der Waals surface area contributed by atoms with Crippen LogP contribution in [0.5, 0.6) is 5.75 Å². The van der Waals surface area contributed by atoms with E-state index in [1.54, 1.807) is 12.0 Å². The summed E-state index contributed by atoms with van der Waals surface area (Å²) in [4.78, 5) is 16.9. The topological polar surface area (TPSA) is 70.2 Å². The summed E-state index contributed by atoms with van der Waals surface area (Å²) in [6.07, 6.45) is 1.02. The second-order valence-corrected chi connectivity index (χ2v) is 9.08. The Labute approximate surface area is 176 Å². The van der Waals surface area contributed by atoms with E-state index in [-0.39, 0.29) is 11.6 Å². The highest BCUT2D eigenvalue weighted by atomic mass is 32.2. The van der Waals surface area contributed by atoms with Crippen LogP contribution in [0.15, 0.2) is 48.5 Å². The van der Waals surface area contributed by atoms with Crippen molar-refractivity contribution in [1.82, 2.24) is 4.90 Å². The van der Waals surface area contributed by atoms with Crippen LogP contribution in [-0.4, -0.2) is 64.8 Å². The van der Waals surface area contributed by atoms with E-state index in [1.807, 2.05) is 24.3 Å². The maximum Gasteiger partial charge on any atom is 0.246 e. The van der Waals surface area contributed by atoms with E-state index in [4.69, 9.17) is 4.74 Å². The third kappa shape index (κ3) is 4.84. The van der Waals surface area contributed by atoms with Crippen LogP contribution >= 0.6 is 0 Å². The third-order valence-electron chi connectivity index (χ3n) is 5.16. The van der Waals surface area contributed by atoms with Crippen LogP contribution in [0.3, 0.4) is 0 Å². The Morgan fingerprint density at radius 1 is 1.10 bits per heavy atom. The van der Waals surface area contributed by atoms with E-state index in [0.717, 1.165) is 28.1 Å². The minimum absolute atomic E-state index is 0.134. The van der Waals surface area contributed by atoms with E-state index in [1.165, 1.54) is 25.1 Å². The molecule has 3 rings (SSSR count). The van der Waals surface area contributed by atoms with Crippen molar-refractivity contribution in [3.05, 3.63) is 54.3 Å². The standard InChI is InChI=1S/C21H26FN3O4S/c1-16(25(30(3,27)28)19-6-4-5-17(22)15-19)21(26)24-13-11-23(12-14-24)18-7-9-20(29-2)10-8-18/h4-10,15-16H,11-14H2,1-3H3/t16-/m1/s1. The molecule has 0 N–H and O–H groups in total. The Kier molecular flexibility index (Phi) is 6.50. The summed E-state index contributed by atoms with van der Waals surface area (Å²) in [7, 11) is -2.17. The molecule has 9 heteroatoms. The largest absolute Gasteiger partial charge is 0.497 e. The summed E-state index contributed by atoms with van der Waals surface area (Å²) in [6.45, 7) is 3.73. The molecule has 30 heavy (non-hydrogen) atoms. The number of halogens is 1. The number of anilines is 2. The summed E-state index contributed by atoms with van der Waals surface area (Å²) in [5, 5.41) is 0. The van der Waals surface area contributed by atoms with Gasteiger partial charge in [0, 0.05) is 31.9 Å². The molecule has 1 saturated heterocycles. The van der Waals surface area contributed by atoms with Gasteiger partial charge >= 0.3 is 0 Å². The summed E-state index contributed by atoms with van der Waals surface area (Å²) in [5.41, 5.74) is 1.17. The number of nitrogens with zero attached hydrogens (tertiary/aromatic N) is 3. The van der Waals surface area contributed by atoms with Gasteiger partial charge < -0.3 is 14.5 Å². The number of piperazine rings is 1. The first-order chi connectivity index (χ1) is 14.2. The van der Waals surface area contributed by atoms with E-state index >= 15 is 0 Å². The minimum atomic E-state index is -3.78. The number of methoxy groups -OCH3 is 1. The monoisotopic (exact) mass is 435 g/mol. The molecule has 1 aliphatic rings. The predicted octanol–water partition coefficient (Wildman–Crippen LogP) is 2.34. The normalized spacial score (nSPS) is 15.6. The molecule has 0 radical (unpaired) electrons. The van der Waals surface area contributed by atoms with Crippen LogP contribution in [-0.2, 0) is 14.8 Å². The first-order valence-corrected chi connectivity index (χ1v) is 11.5. The van der Waals surface area contributed by atoms with Crippen LogP contribution < -0.4 is 13.9 Å². The predicted molar refractivity (Wildman–Crippen MR) is 115 cm³/mol. The quantitative estimate of drug-likeness (QED) is 0.697. The molecule has 0 bridgehead atoms. The van der Waals surface area contributed by atoms with Crippen LogP contribution in [0, 0.1) is 5.82 Å². The summed E-state index contributed by atoms with van der Waals surface area (Å²) in [5.74, 6) is -0.0902. The van der Waals surface area contributed by atoms with E-state index in [2.05, 4.69) is 4.90 Å². The van der Waals surface area contributed by atoms with Crippen molar-refractivity contribution in [3.63, 3.8) is 0 Å². The Morgan fingerprint density at radius 3 is 2.27 bits per heavy atom. The van der Waals surface area contributed by atoms with Crippen LogP contribution in [0.2, 0.25) is 0 Å². The van der Waals surface area contributed by atoms with Gasteiger partial charge in [-0.05, 0) is 49.4 Å². The molecule has 162 valence electrons. The summed E-state index contributed by atoms with van der Waals surface area (Å²) >= 11 is 0. The lowest BCUT2D eigenvalue weighted by Gasteiger charge is -2.39. The van der Waals surface area contributed by atoms with Crippen molar-refractivity contribution in [2.24, 2.45) is 0 Å². The van der Waals surface area contributed by atoms with Gasteiger partial charge in [0.2, 0.25) is 15.9 Å². The Balaban J connectivity index is 1.71. The maximum atomic E-state index is 13.7. The molecule has 7 nitrogen and oxygen atoms in total. The van der Waals surface area contributed by atoms with Gasteiger partial charge in [-0.25, -0.2) is 12.8 Å². The van der Waals surface area contributed by atoms with Crippen LogP contribution in [0.4, 0.5) is 15.8 Å². The second kappa shape index (κ2) is 8.91. The summed E-state index contributed by atoms with van der Waals surface area (Å²) in [6, 6.07) is 12.0. The molecule has 1 atom stereocenters. The average molecular weight is 436 g/mol. The molecule has 1 fully saturated rings. The van der Waals surface area contributed by atoms with Gasteiger partial charge in [-0.15, -0.1) is 0 Å². The van der Waals surface area contributed by atoms with Crippen molar-refractivity contribution in [2.45, 2.75) is 13.0 Å². The van der Waals surface area contributed by atoms with Crippen molar-refractivity contribution >= 4 is 27.3 Å². The van der Waals surface area contributed by atoms with Gasteiger partial charge in [0.05, 0.1) is 19.1 Å². The molecule has 0 aliphatic carbocycles. The van der Waals surface area contributed by atoms with Crippen molar-refractivity contribution in [1.29, 1.82) is 0 Å². The molecule has 0 saturated carbocycles. The first-order valence-electron chi connectivity index (χ1n) is 9.63. The number of benzene rings is 2. The fourth-order valence-electron chi connectivity index (χ4n) is 3.66. The van der Waals surface area contributed by atoms with Crippen molar-refractivity contribution < 1.29 is 22.3 Å². The Morgan fingerprint density at radius 2 is 1.73 bits per heavy atom. The first kappa shape index (κ1) is 21.9. The van der Waals surface area contributed by atoms with Gasteiger partial charge in [0.25, 0.3) is 0 Å². The smallest absolute Gasteiger partial charge is 0.246 e. The molecule has 0 aromatic heterocycles. The second-order valence-electron chi connectivity index (χ2n) is 7.23. The number of carbonyl (C=O) groups excluding carboxylic acids is 1. The third-order valence-corrected chi connectivity index (χ3v) is 6.40. The lowest BCUT2D eigenvalue weighted by molar-refractivity contribution is -0.132. The number of carbonyl (C=O) groups is 1. The van der Waals surface area contributed by atoms with E-state index < -0.39 is 21.9 Å². The number of sulfonamides is 1. The van der Waals surface area contributed by atoms with E-state index in [0.29, 0.717) is 26.2 Å². The van der Waals surface area contributed by atoms with Gasteiger partial charge in [-0.3, -0.25) is 9.10 Å². The molecule has 0 unspecified atom stereocenters. The highest BCUT2D eigenvalue weighted by Crippen LogP contribution is 2.24. The molecule has 0 spiro atoms. The number of ether oxygens (including phenoxy) is 1. The zero-order valence-corrected chi connectivity index (χ0v) is 18.1. The fraction of sp³-hybridized carbons (Fsp3) is 0.381. The average Bonchev–Trinajstić information content (AvgIpc) is 2.72. The molecule has 1 amide bonds. The van der Waals surface area contributed by atoms with Gasteiger partial charge in [-0.2, -0.15) is 0 Å². The van der Waals surface area contributed by atoms with Gasteiger partial charge in [0.15, 0.2) is 0 Å². The number of amides is 1. The lowest BCUT2D eigenvalue weighted by Crippen LogP contribution is -2.55. The van der Waals surface area contributed by atoms with Gasteiger partial charge in [-0.1, -0.05) is 6.07 Å². The molecule has 2 aromatic rings. The van der Waals surface area contributed by atoms with Crippen LogP contribution in [0.25, 0.3) is 0 Å². The Hall–Kier alpha value is -2.81. The maximum absolute atomic E-state index is 13.7. The van der Waals surface area contributed by atoms with Crippen LogP contribution in [0.1, 0.15) is 6.92 Å². The molecular formula is C21H26FN3O4S. The zero-order valence-electron chi connectivity index (χ0n) is 17.3. The number of hydrogen-bond donors (Lipinski definition) is 0. The zero-order chi connectivity index (χ0) is 21.9. The SMILES string of the molecule is COc1ccc(N2CCN(C(=O)[C@@H](C)N(c3cccc(F)c3)S(C)(=O)=O)CC2)cc1. The fourth-order valence-corrected chi connectivity index (χ4v) is 4.82. The number of rotatable bonds is 6. The van der Waals surface area contributed by atoms with E-state index in [9.17, 15) is 17.6 Å². The number of hydrogen-bond acceptors (Lipinski definition) is 5. The highest BCUT2D eigenvalue weighted by Gasteiger charge is 2.33. The highest BCUT2D eigenvalue weighted by molar-refractivity contribution is 7.92. The molecule has 1 heterocycles. The summed E-state index contributed by atoms with van der Waals surface area (Å²) < 4.78 is 44.6. The lowest BCUT2D eigenvalue weighted by atomic mass is 10.2. The molecule has 2 aromatic carbocycles. The molecular weight excluding hydrogens is 409 g/mol. The molecule has 1 aliphatic heterocycles. The van der Waals surface area contributed by atoms with Crippen molar-refractivity contribution in [2.75, 3.05) is 48.7 Å². The van der Waals surface area contributed by atoms with Gasteiger partial charge in [0.1, 0.15) is 17.6 Å².